The molecule has 0 amide bonds. The molecule has 0 aliphatic rings. The Bertz CT molecular complexity index is 787. The Balaban J connectivity index is 2.01. The van der Waals surface area contributed by atoms with Crippen LogP contribution in [-0.4, -0.2) is 31.8 Å². The summed E-state index contributed by atoms with van der Waals surface area (Å²) in [6.45, 7) is 4.68. The number of aryl methyl sites for hydroxylation is 1. The number of thiophene rings is 1. The molecule has 1 aromatic carbocycles. The van der Waals surface area contributed by atoms with Gasteiger partial charge in [-0.1, -0.05) is 25.1 Å². The number of carbonyl (C=O) groups excluding carboxylic acids is 1. The molecule has 1 aromatic heterocycles. The Morgan fingerprint density at radius 3 is 2.65 bits per heavy atom. The number of esters is 1. The van der Waals surface area contributed by atoms with Gasteiger partial charge in [0.25, 0.3) is 0 Å². The van der Waals surface area contributed by atoms with E-state index in [-0.39, 0.29) is 5.97 Å². The maximum atomic E-state index is 12.1. The average Bonchev–Trinajstić information content (AvgIpc) is 2.96. The first-order chi connectivity index (χ1) is 12.5. The molecule has 0 atom stereocenters. The fourth-order valence-electron chi connectivity index (χ4n) is 2.78. The zero-order chi connectivity index (χ0) is 19.1. The van der Waals surface area contributed by atoms with Crippen molar-refractivity contribution in [3.63, 3.8) is 0 Å². The lowest BCUT2D eigenvalue weighted by atomic mass is 10.1. The fraction of sp³-hybridized carbons (Fsp3) is 0.368. The number of carbonyl (C=O) groups is 1. The van der Waals surface area contributed by atoms with Gasteiger partial charge in [0, 0.05) is 11.4 Å². The predicted octanol–water partition coefficient (Wildman–Crippen LogP) is 3.94. The molecule has 2 aromatic rings. The Hall–Kier alpha value is -2.12. The largest absolute Gasteiger partial charge is 0.496 e. The molecule has 0 aliphatic carbocycles. The number of nitrogens with one attached hydrogen (secondary N) is 2. The highest BCUT2D eigenvalue weighted by atomic mass is 32.1. The van der Waals surface area contributed by atoms with Crippen molar-refractivity contribution in [2.45, 2.75) is 26.7 Å². The summed E-state index contributed by atoms with van der Waals surface area (Å²) in [5, 5.41) is 7.53. The smallest absolute Gasteiger partial charge is 0.341 e. The molecule has 7 heteroatoms. The molecule has 2 N–H and O–H groups in total. The monoisotopic (exact) mass is 392 g/mol. The third kappa shape index (κ3) is 4.74. The second kappa shape index (κ2) is 9.54. The summed E-state index contributed by atoms with van der Waals surface area (Å²) in [6, 6.07) is 7.90. The van der Waals surface area contributed by atoms with Crippen molar-refractivity contribution in [1.82, 2.24) is 5.32 Å². The van der Waals surface area contributed by atoms with E-state index < -0.39 is 0 Å². The molecular formula is C19H24N2O3S2. The predicted molar refractivity (Wildman–Crippen MR) is 111 cm³/mol. The number of hydrogen-bond donors (Lipinski definition) is 2. The SMILES string of the molecule is CCc1c(C)sc(NC(=S)NCCc2ccccc2OC)c1C(=O)OC. The first-order valence-corrected chi connectivity index (χ1v) is 9.61. The molecular weight excluding hydrogens is 368 g/mol. The minimum atomic E-state index is -0.342. The number of benzene rings is 1. The van der Waals surface area contributed by atoms with E-state index in [1.165, 1.54) is 18.4 Å². The van der Waals surface area contributed by atoms with Crippen molar-refractivity contribution in [3.05, 3.63) is 45.8 Å². The van der Waals surface area contributed by atoms with Crippen LogP contribution in [-0.2, 0) is 17.6 Å². The van der Waals surface area contributed by atoms with Crippen LogP contribution in [0.15, 0.2) is 24.3 Å². The Labute approximate surface area is 163 Å². The minimum Gasteiger partial charge on any atom is -0.496 e. The van der Waals surface area contributed by atoms with Crippen LogP contribution >= 0.6 is 23.6 Å². The van der Waals surface area contributed by atoms with E-state index in [9.17, 15) is 4.79 Å². The second-order valence-electron chi connectivity index (χ2n) is 5.63. The molecule has 0 unspecified atom stereocenters. The molecule has 26 heavy (non-hydrogen) atoms. The zero-order valence-corrected chi connectivity index (χ0v) is 17.1. The summed E-state index contributed by atoms with van der Waals surface area (Å²) in [6.07, 6.45) is 1.54. The van der Waals surface area contributed by atoms with E-state index in [2.05, 4.69) is 10.6 Å². The summed E-state index contributed by atoms with van der Waals surface area (Å²) < 4.78 is 10.3. The van der Waals surface area contributed by atoms with Crippen molar-refractivity contribution >= 4 is 39.6 Å². The summed E-state index contributed by atoms with van der Waals surface area (Å²) in [5.41, 5.74) is 2.69. The van der Waals surface area contributed by atoms with Crippen LogP contribution in [0.25, 0.3) is 0 Å². The summed E-state index contributed by atoms with van der Waals surface area (Å²) in [5.74, 6) is 0.521. The average molecular weight is 393 g/mol. The van der Waals surface area contributed by atoms with Gasteiger partial charge < -0.3 is 20.1 Å². The van der Waals surface area contributed by atoms with Gasteiger partial charge in [0.2, 0.25) is 0 Å². The van der Waals surface area contributed by atoms with Gasteiger partial charge in [0.15, 0.2) is 5.11 Å². The fourth-order valence-corrected chi connectivity index (χ4v) is 4.18. The molecule has 1 heterocycles. The van der Waals surface area contributed by atoms with Gasteiger partial charge in [0.1, 0.15) is 10.8 Å². The molecule has 140 valence electrons. The highest BCUT2D eigenvalue weighted by Gasteiger charge is 2.22. The lowest BCUT2D eigenvalue weighted by Crippen LogP contribution is -2.30. The quantitative estimate of drug-likeness (QED) is 0.550. The van der Waals surface area contributed by atoms with E-state index in [0.717, 1.165) is 39.6 Å². The summed E-state index contributed by atoms with van der Waals surface area (Å²) in [7, 11) is 3.06. The van der Waals surface area contributed by atoms with Gasteiger partial charge in [-0.15, -0.1) is 11.3 Å². The van der Waals surface area contributed by atoms with Gasteiger partial charge in [-0.25, -0.2) is 4.79 Å². The maximum Gasteiger partial charge on any atom is 0.341 e. The first kappa shape index (κ1) is 20.2. The molecule has 0 bridgehead atoms. The molecule has 2 rings (SSSR count). The van der Waals surface area contributed by atoms with Gasteiger partial charge in [-0.2, -0.15) is 0 Å². The lowest BCUT2D eigenvalue weighted by Gasteiger charge is -2.12. The van der Waals surface area contributed by atoms with Crippen LogP contribution in [0.5, 0.6) is 5.75 Å². The van der Waals surface area contributed by atoms with Crippen molar-refractivity contribution in [2.24, 2.45) is 0 Å². The normalized spacial score (nSPS) is 10.3. The Kier molecular flexibility index (Phi) is 7.41. The topological polar surface area (TPSA) is 59.6 Å². The van der Waals surface area contributed by atoms with E-state index in [4.69, 9.17) is 21.7 Å². The van der Waals surface area contributed by atoms with Crippen LogP contribution in [0.1, 0.15) is 33.3 Å². The van der Waals surface area contributed by atoms with Gasteiger partial charge >= 0.3 is 5.97 Å². The number of hydrogen-bond acceptors (Lipinski definition) is 5. The lowest BCUT2D eigenvalue weighted by molar-refractivity contribution is 0.0601. The number of thiocarbonyl (C=S) groups is 1. The molecule has 0 aliphatic heterocycles. The van der Waals surface area contributed by atoms with E-state index in [0.29, 0.717) is 17.2 Å². The van der Waals surface area contributed by atoms with Crippen LogP contribution in [0.4, 0.5) is 5.00 Å². The zero-order valence-electron chi connectivity index (χ0n) is 15.5. The number of anilines is 1. The van der Waals surface area contributed by atoms with E-state index in [1.54, 1.807) is 7.11 Å². The van der Waals surface area contributed by atoms with Crippen molar-refractivity contribution in [1.29, 1.82) is 0 Å². The Morgan fingerprint density at radius 1 is 1.27 bits per heavy atom. The standard InChI is InChI=1S/C19H24N2O3S2/c1-5-14-12(2)26-17(16(14)18(22)24-4)21-19(25)20-11-10-13-8-6-7-9-15(13)23-3/h6-9H,5,10-11H2,1-4H3,(H2,20,21,25). The summed E-state index contributed by atoms with van der Waals surface area (Å²) in [4.78, 5) is 13.2. The Morgan fingerprint density at radius 2 is 2.00 bits per heavy atom. The second-order valence-corrected chi connectivity index (χ2v) is 7.26. The van der Waals surface area contributed by atoms with Crippen LogP contribution < -0.4 is 15.4 Å². The molecule has 0 spiro atoms. The van der Waals surface area contributed by atoms with Crippen molar-refractivity contribution in [3.8, 4) is 5.75 Å². The number of ether oxygens (including phenoxy) is 2. The minimum absolute atomic E-state index is 0.342. The number of methoxy groups -OCH3 is 2. The molecule has 5 nitrogen and oxygen atoms in total. The molecule has 0 saturated carbocycles. The van der Waals surface area contributed by atoms with Crippen LogP contribution in [0.2, 0.25) is 0 Å². The summed E-state index contributed by atoms with van der Waals surface area (Å²) >= 11 is 6.90. The highest BCUT2D eigenvalue weighted by Crippen LogP contribution is 2.33. The highest BCUT2D eigenvalue weighted by molar-refractivity contribution is 7.80. The van der Waals surface area contributed by atoms with Gasteiger partial charge in [-0.3, -0.25) is 0 Å². The third-order valence-electron chi connectivity index (χ3n) is 4.05. The van der Waals surface area contributed by atoms with Crippen LogP contribution in [0.3, 0.4) is 0 Å². The van der Waals surface area contributed by atoms with Crippen molar-refractivity contribution < 1.29 is 14.3 Å². The van der Waals surface area contributed by atoms with Gasteiger partial charge in [-0.05, 0) is 49.2 Å². The number of rotatable bonds is 7. The third-order valence-corrected chi connectivity index (χ3v) is 5.36. The molecule has 0 saturated heterocycles. The van der Waals surface area contributed by atoms with E-state index >= 15 is 0 Å². The van der Waals surface area contributed by atoms with Gasteiger partial charge in [0.05, 0.1) is 19.8 Å². The molecule has 0 radical (unpaired) electrons. The first-order valence-electron chi connectivity index (χ1n) is 8.39. The van der Waals surface area contributed by atoms with E-state index in [1.807, 2.05) is 38.1 Å². The van der Waals surface area contributed by atoms with Crippen LogP contribution in [0, 0.1) is 6.92 Å². The van der Waals surface area contributed by atoms with Crippen molar-refractivity contribution in [2.75, 3.05) is 26.1 Å². The maximum absolute atomic E-state index is 12.1. The molecule has 0 fully saturated rings. The number of para-hydroxylation sites is 1.